The molecule has 1 aliphatic heterocycles. The molecule has 4 aliphatic rings. The second-order valence-corrected chi connectivity index (χ2v) is 13.8. The van der Waals surface area contributed by atoms with Crippen molar-refractivity contribution in [2.24, 2.45) is 39.4 Å². The first-order valence-corrected chi connectivity index (χ1v) is 14.8. The summed E-state index contributed by atoms with van der Waals surface area (Å²) in [4.78, 5) is 39.8. The van der Waals surface area contributed by atoms with E-state index in [0.29, 0.717) is 5.56 Å². The van der Waals surface area contributed by atoms with Gasteiger partial charge >= 0.3 is 11.9 Å². The van der Waals surface area contributed by atoms with E-state index in [1.807, 2.05) is 52.0 Å². The highest BCUT2D eigenvalue weighted by Gasteiger charge is 2.75. The van der Waals surface area contributed by atoms with Crippen LogP contribution in [0.25, 0.3) is 0 Å². The van der Waals surface area contributed by atoms with Gasteiger partial charge < -0.3 is 9.47 Å². The molecule has 3 aliphatic carbocycles. The van der Waals surface area contributed by atoms with Crippen LogP contribution in [0.1, 0.15) is 79.6 Å². The van der Waals surface area contributed by atoms with Crippen molar-refractivity contribution in [1.82, 2.24) is 0 Å². The first kappa shape index (κ1) is 29.3. The average Bonchev–Trinajstić information content (AvgIpc) is 3.17. The summed E-state index contributed by atoms with van der Waals surface area (Å²) < 4.78 is 12.3. The Bertz CT molecular complexity index is 1450. The molecule has 218 valence electrons. The summed E-state index contributed by atoms with van der Waals surface area (Å²) >= 11 is 0. The van der Waals surface area contributed by atoms with Gasteiger partial charge in [-0.1, -0.05) is 86.9 Å². The number of carbonyl (C=O) groups excluding carboxylic acids is 3. The molecule has 3 fully saturated rings. The lowest BCUT2D eigenvalue weighted by Crippen LogP contribution is -2.68. The molecule has 41 heavy (non-hydrogen) atoms. The van der Waals surface area contributed by atoms with Gasteiger partial charge in [0.1, 0.15) is 17.6 Å². The maximum Gasteiger partial charge on any atom is 0.338 e. The number of fused-ring (bicyclic) bond motifs is 3. The quantitative estimate of drug-likeness (QED) is 0.207. The molecular formula is C36H44O5. The summed E-state index contributed by atoms with van der Waals surface area (Å²) in [6, 6.07) is 9.14. The normalized spacial score (nSPS) is 40.7. The maximum absolute atomic E-state index is 13.5. The minimum absolute atomic E-state index is 0.0250. The second kappa shape index (κ2) is 9.40. The molecule has 0 N–H and O–H groups in total. The molecule has 0 unspecified atom stereocenters. The molecule has 2 saturated carbocycles. The Morgan fingerprint density at radius 1 is 1.05 bits per heavy atom. The standard InChI is InChI=1S/C36H44O5/c1-11-21(3)29(40-31(38)25-15-13-12-14-16-25)35(9)26-22(4)17-20(2)18-33(26,7)27(35)23(5)19-34(8)30-24(6)28(37)36(34,10)32(39)41-30/h11-19,24,26-27,29-30H,1-10H3/b21-11+,23-19+/t24-,26-,27+,29+,30-,33+,34+,35+,36-/m0/s1. The Morgan fingerprint density at radius 3 is 2.27 bits per heavy atom. The van der Waals surface area contributed by atoms with Gasteiger partial charge in [0.25, 0.3) is 0 Å². The molecule has 1 heterocycles. The van der Waals surface area contributed by atoms with Crippen molar-refractivity contribution in [1.29, 1.82) is 0 Å². The fraction of sp³-hybridized carbons (Fsp3) is 0.528. The topological polar surface area (TPSA) is 69.7 Å². The lowest BCUT2D eigenvalue weighted by atomic mass is 9.34. The summed E-state index contributed by atoms with van der Waals surface area (Å²) in [6.07, 6.45) is 7.82. The van der Waals surface area contributed by atoms with Crippen molar-refractivity contribution in [3.8, 4) is 0 Å². The third-order valence-electron chi connectivity index (χ3n) is 11.3. The smallest absolute Gasteiger partial charge is 0.338 e. The van der Waals surface area contributed by atoms with Crippen LogP contribution in [0.3, 0.4) is 0 Å². The van der Waals surface area contributed by atoms with Gasteiger partial charge in [0.15, 0.2) is 5.78 Å². The lowest BCUT2D eigenvalue weighted by Gasteiger charge is -2.70. The van der Waals surface area contributed by atoms with Crippen LogP contribution >= 0.6 is 0 Å². The number of ketones is 1. The van der Waals surface area contributed by atoms with E-state index in [0.717, 1.165) is 11.1 Å². The number of carbonyl (C=O) groups is 3. The van der Waals surface area contributed by atoms with Gasteiger partial charge in [0, 0.05) is 16.2 Å². The van der Waals surface area contributed by atoms with E-state index in [4.69, 9.17) is 9.47 Å². The van der Waals surface area contributed by atoms with E-state index < -0.39 is 34.4 Å². The molecular weight excluding hydrogens is 512 g/mol. The van der Waals surface area contributed by atoms with E-state index in [9.17, 15) is 14.4 Å². The summed E-state index contributed by atoms with van der Waals surface area (Å²) in [5.41, 5.74) is 2.39. The van der Waals surface area contributed by atoms with E-state index in [1.165, 1.54) is 11.1 Å². The van der Waals surface area contributed by atoms with E-state index in [-0.39, 0.29) is 34.9 Å². The van der Waals surface area contributed by atoms with Crippen LogP contribution in [0, 0.1) is 39.4 Å². The van der Waals surface area contributed by atoms with E-state index in [1.54, 1.807) is 19.1 Å². The first-order valence-electron chi connectivity index (χ1n) is 14.8. The number of allylic oxidation sites excluding steroid dienone is 6. The zero-order valence-electron chi connectivity index (χ0n) is 26.1. The Morgan fingerprint density at radius 2 is 1.68 bits per heavy atom. The van der Waals surface area contributed by atoms with Gasteiger partial charge in [-0.2, -0.15) is 0 Å². The number of rotatable bonds is 6. The second-order valence-electron chi connectivity index (χ2n) is 13.8. The minimum atomic E-state index is -1.22. The average molecular weight is 557 g/mol. The van der Waals surface area contributed by atoms with Crippen LogP contribution in [-0.4, -0.2) is 29.9 Å². The van der Waals surface area contributed by atoms with Crippen LogP contribution in [0.2, 0.25) is 0 Å². The molecule has 0 amide bonds. The first-order chi connectivity index (χ1) is 19.1. The Kier molecular flexibility index (Phi) is 6.72. The summed E-state index contributed by atoms with van der Waals surface area (Å²) in [5.74, 6) is -1.07. The monoisotopic (exact) mass is 556 g/mol. The number of Topliss-reactive ketones (excluding diaryl/α,β-unsaturated/α-hetero) is 1. The van der Waals surface area contributed by atoms with Gasteiger partial charge in [-0.05, 0) is 71.1 Å². The van der Waals surface area contributed by atoms with Gasteiger partial charge in [0.2, 0.25) is 0 Å². The van der Waals surface area contributed by atoms with Crippen LogP contribution in [-0.2, 0) is 19.1 Å². The van der Waals surface area contributed by atoms with Crippen LogP contribution in [0.15, 0.2) is 76.9 Å². The van der Waals surface area contributed by atoms with Crippen LogP contribution in [0.4, 0.5) is 0 Å². The summed E-state index contributed by atoms with van der Waals surface area (Å²) in [6.45, 7) is 20.6. The largest absolute Gasteiger partial charge is 0.460 e. The Labute approximate surface area is 244 Å². The number of ether oxygens (including phenoxy) is 2. The minimum Gasteiger partial charge on any atom is -0.460 e. The van der Waals surface area contributed by atoms with Crippen molar-refractivity contribution in [3.05, 3.63) is 82.5 Å². The van der Waals surface area contributed by atoms with Crippen LogP contribution < -0.4 is 0 Å². The number of benzene rings is 1. The highest BCUT2D eigenvalue weighted by Crippen LogP contribution is 2.73. The molecule has 1 saturated heterocycles. The Hall–Kier alpha value is -3.21. The summed E-state index contributed by atoms with van der Waals surface area (Å²) in [7, 11) is 0. The SMILES string of the molecule is C/C=C(\C)[C@@H](OC(=O)c1ccccc1)[C@@]1(C)[C@H](/C(C)=C/[C@]2(C)[C@H]3OC(=O)[C@]2(C)C(=O)[C@@H]3C)[C@]2(C)C=C(C)C=C(C)[C@@H]21. The molecule has 5 nitrogen and oxygen atoms in total. The molecule has 0 aromatic heterocycles. The molecule has 9 atom stereocenters. The van der Waals surface area contributed by atoms with Gasteiger partial charge in [-0.15, -0.1) is 0 Å². The lowest BCUT2D eigenvalue weighted by molar-refractivity contribution is -0.170. The molecule has 0 spiro atoms. The molecule has 1 aromatic rings. The zero-order chi connectivity index (χ0) is 30.3. The third-order valence-corrected chi connectivity index (χ3v) is 11.3. The van der Waals surface area contributed by atoms with Crippen molar-refractivity contribution in [3.63, 3.8) is 0 Å². The molecule has 1 aromatic carbocycles. The Balaban J connectivity index is 1.65. The van der Waals surface area contributed by atoms with Crippen molar-refractivity contribution < 1.29 is 23.9 Å². The van der Waals surface area contributed by atoms with Crippen molar-refractivity contribution >= 4 is 17.7 Å². The highest BCUT2D eigenvalue weighted by atomic mass is 16.6. The van der Waals surface area contributed by atoms with Gasteiger partial charge in [-0.3, -0.25) is 9.59 Å². The molecule has 5 rings (SSSR count). The zero-order valence-corrected chi connectivity index (χ0v) is 26.1. The van der Waals surface area contributed by atoms with Crippen molar-refractivity contribution in [2.45, 2.75) is 81.4 Å². The van der Waals surface area contributed by atoms with E-state index in [2.05, 4.69) is 52.8 Å². The molecule has 2 bridgehead atoms. The van der Waals surface area contributed by atoms with Crippen LogP contribution in [0.5, 0.6) is 0 Å². The number of hydrogen-bond acceptors (Lipinski definition) is 5. The predicted octanol–water partition coefficient (Wildman–Crippen LogP) is 7.45. The maximum atomic E-state index is 13.5. The molecule has 5 heteroatoms. The van der Waals surface area contributed by atoms with Crippen molar-refractivity contribution in [2.75, 3.05) is 0 Å². The van der Waals surface area contributed by atoms with E-state index >= 15 is 0 Å². The highest BCUT2D eigenvalue weighted by molar-refractivity contribution is 6.10. The fourth-order valence-corrected chi connectivity index (χ4v) is 9.82. The fourth-order valence-electron chi connectivity index (χ4n) is 9.82. The van der Waals surface area contributed by atoms with Gasteiger partial charge in [0.05, 0.1) is 11.5 Å². The predicted molar refractivity (Wildman–Crippen MR) is 160 cm³/mol. The summed E-state index contributed by atoms with van der Waals surface area (Å²) in [5, 5.41) is 0. The number of esters is 2. The number of hydrogen-bond donors (Lipinski definition) is 0. The van der Waals surface area contributed by atoms with Gasteiger partial charge in [-0.25, -0.2) is 4.79 Å². The third kappa shape index (κ3) is 3.69. The molecule has 0 radical (unpaired) electrons.